The summed E-state index contributed by atoms with van der Waals surface area (Å²) in [5, 5.41) is 0. The van der Waals surface area contributed by atoms with Crippen molar-refractivity contribution < 1.29 is 14.3 Å². The molecule has 0 atom stereocenters. The Morgan fingerprint density at radius 1 is 1.53 bits per heavy atom. The Kier molecular flexibility index (Phi) is 3.24. The number of hydrogen-bond donors (Lipinski definition) is 1. The number of carbonyl (C=O) groups is 1. The molecule has 0 aliphatic rings. The van der Waals surface area contributed by atoms with Crippen molar-refractivity contribution in [1.29, 1.82) is 0 Å². The van der Waals surface area contributed by atoms with Gasteiger partial charge >= 0.3 is 0 Å². The normalized spacial score (nSPS) is 10.6. The van der Waals surface area contributed by atoms with Crippen LogP contribution in [0.2, 0.25) is 0 Å². The summed E-state index contributed by atoms with van der Waals surface area (Å²) < 4.78 is 11.9. The minimum atomic E-state index is -0.509. The summed E-state index contributed by atoms with van der Waals surface area (Å²) in [7, 11) is 1.61. The molecule has 0 unspecified atom stereocenters. The molecule has 0 spiro atoms. The third-order valence-electron chi connectivity index (χ3n) is 2.29. The van der Waals surface area contributed by atoms with E-state index in [1.807, 2.05) is 0 Å². The van der Waals surface area contributed by atoms with Gasteiger partial charge in [-0.3, -0.25) is 9.20 Å². The summed E-state index contributed by atoms with van der Waals surface area (Å²) in [5.74, 6) is 0.168. The molecule has 6 nitrogen and oxygen atoms in total. The van der Waals surface area contributed by atoms with Crippen LogP contribution in [0.3, 0.4) is 0 Å². The number of aromatic nitrogens is 2. The number of fused-ring (bicyclic) bond motifs is 1. The second-order valence-corrected chi connectivity index (χ2v) is 3.44. The summed E-state index contributed by atoms with van der Waals surface area (Å²) in [6.45, 7) is 0.988. The second-order valence-electron chi connectivity index (χ2n) is 3.44. The smallest absolute Gasteiger partial charge is 0.267 e. The van der Waals surface area contributed by atoms with E-state index in [0.717, 1.165) is 0 Å². The number of nitrogens with two attached hydrogens (primary N) is 1. The molecule has 2 aromatic rings. The second kappa shape index (κ2) is 4.84. The van der Waals surface area contributed by atoms with Gasteiger partial charge in [0, 0.05) is 19.4 Å². The first-order valence-corrected chi connectivity index (χ1v) is 5.11. The monoisotopic (exact) mass is 235 g/mol. The number of rotatable bonds is 5. The molecule has 0 aliphatic heterocycles. The maximum Gasteiger partial charge on any atom is 0.267 e. The third-order valence-corrected chi connectivity index (χ3v) is 2.29. The van der Waals surface area contributed by atoms with Crippen LogP contribution in [-0.4, -0.2) is 35.6 Å². The lowest BCUT2D eigenvalue weighted by molar-refractivity contribution is 0.0994. The Hall–Kier alpha value is -2.08. The van der Waals surface area contributed by atoms with Crippen molar-refractivity contribution in [2.24, 2.45) is 5.73 Å². The number of carbonyl (C=O) groups excluding carboxylic acids is 1. The quantitative estimate of drug-likeness (QED) is 0.763. The molecule has 6 heteroatoms. The van der Waals surface area contributed by atoms with Gasteiger partial charge < -0.3 is 15.2 Å². The summed E-state index contributed by atoms with van der Waals surface area (Å²) in [4.78, 5) is 15.2. The predicted molar refractivity (Wildman–Crippen MR) is 61.1 cm³/mol. The van der Waals surface area contributed by atoms with Gasteiger partial charge in [-0.05, 0) is 6.07 Å². The first kappa shape index (κ1) is 11.4. The fourth-order valence-electron chi connectivity index (χ4n) is 1.48. The minimum absolute atomic E-state index is 0.350. The van der Waals surface area contributed by atoms with Crippen molar-refractivity contribution in [3.63, 3.8) is 0 Å². The summed E-state index contributed by atoms with van der Waals surface area (Å²) >= 11 is 0. The lowest BCUT2D eigenvalue weighted by atomic mass is 10.4. The van der Waals surface area contributed by atoms with E-state index in [1.54, 1.807) is 29.8 Å². The summed E-state index contributed by atoms with van der Waals surface area (Å²) in [5.41, 5.74) is 6.18. The number of amides is 1. The maximum absolute atomic E-state index is 11.1. The molecule has 0 fully saturated rings. The highest BCUT2D eigenvalue weighted by Gasteiger charge is 2.08. The van der Waals surface area contributed by atoms with Crippen LogP contribution in [0.4, 0.5) is 0 Å². The molecule has 2 N–H and O–H groups in total. The molecule has 0 saturated carbocycles. The van der Waals surface area contributed by atoms with Crippen LogP contribution in [0.5, 0.6) is 5.75 Å². The zero-order valence-corrected chi connectivity index (χ0v) is 9.42. The molecule has 0 radical (unpaired) electrons. The maximum atomic E-state index is 11.1. The van der Waals surface area contributed by atoms with Crippen LogP contribution < -0.4 is 10.5 Å². The largest absolute Gasteiger partial charge is 0.491 e. The first-order valence-electron chi connectivity index (χ1n) is 5.11. The van der Waals surface area contributed by atoms with Crippen molar-refractivity contribution in [2.45, 2.75) is 0 Å². The van der Waals surface area contributed by atoms with E-state index in [2.05, 4.69) is 4.98 Å². The number of methoxy groups -OCH3 is 1. The fraction of sp³-hybridized carbons (Fsp3) is 0.273. The van der Waals surface area contributed by atoms with Crippen LogP contribution in [-0.2, 0) is 4.74 Å². The third kappa shape index (κ3) is 2.36. The van der Waals surface area contributed by atoms with Gasteiger partial charge in [0.25, 0.3) is 5.91 Å². The standard InChI is InChI=1S/C11H13N3O3/c1-16-4-5-17-8-2-3-14-9(11(12)15)7-13-10(14)6-8/h2-3,6-7H,4-5H2,1H3,(H2,12,15). The van der Waals surface area contributed by atoms with Gasteiger partial charge in [0.2, 0.25) is 0 Å². The van der Waals surface area contributed by atoms with Crippen LogP contribution in [0, 0.1) is 0 Å². The van der Waals surface area contributed by atoms with Gasteiger partial charge in [-0.15, -0.1) is 0 Å². The molecule has 17 heavy (non-hydrogen) atoms. The van der Waals surface area contributed by atoms with Crippen molar-refractivity contribution >= 4 is 11.6 Å². The Bertz CT molecular complexity index is 536. The predicted octanol–water partition coefficient (Wildman–Crippen LogP) is 0.458. The highest BCUT2D eigenvalue weighted by molar-refractivity contribution is 5.91. The number of nitrogens with zero attached hydrogens (tertiary/aromatic N) is 2. The molecule has 2 rings (SSSR count). The number of hydrogen-bond acceptors (Lipinski definition) is 4. The molecule has 0 bridgehead atoms. The van der Waals surface area contributed by atoms with Gasteiger partial charge in [-0.25, -0.2) is 4.98 Å². The Balaban J connectivity index is 2.23. The van der Waals surface area contributed by atoms with Crippen LogP contribution in [0.15, 0.2) is 24.5 Å². The molecule has 1 amide bonds. The van der Waals surface area contributed by atoms with Crippen molar-refractivity contribution in [3.05, 3.63) is 30.2 Å². The zero-order valence-electron chi connectivity index (χ0n) is 9.42. The first-order chi connectivity index (χ1) is 8.22. The van der Waals surface area contributed by atoms with Crippen molar-refractivity contribution in [3.8, 4) is 5.75 Å². The number of ether oxygens (including phenoxy) is 2. The lowest BCUT2D eigenvalue weighted by Crippen LogP contribution is -2.13. The van der Waals surface area contributed by atoms with Crippen LogP contribution in [0.25, 0.3) is 5.65 Å². The van der Waals surface area contributed by atoms with Gasteiger partial charge in [0.05, 0.1) is 12.8 Å². The molecule has 0 aliphatic carbocycles. The van der Waals surface area contributed by atoms with Gasteiger partial charge in [0.15, 0.2) is 0 Å². The molecule has 0 aromatic carbocycles. The molecular formula is C11H13N3O3. The SMILES string of the molecule is COCCOc1ccn2c(C(N)=O)cnc2c1. The molecule has 0 saturated heterocycles. The van der Waals surface area contributed by atoms with Crippen molar-refractivity contribution in [2.75, 3.05) is 20.3 Å². The zero-order chi connectivity index (χ0) is 12.3. The van der Waals surface area contributed by atoms with E-state index < -0.39 is 5.91 Å². The van der Waals surface area contributed by atoms with E-state index in [-0.39, 0.29) is 0 Å². The summed E-state index contributed by atoms with van der Waals surface area (Å²) in [6, 6.07) is 3.48. The molecule has 90 valence electrons. The lowest BCUT2D eigenvalue weighted by Gasteiger charge is -2.05. The fourth-order valence-corrected chi connectivity index (χ4v) is 1.48. The number of imidazole rings is 1. The Morgan fingerprint density at radius 3 is 3.06 bits per heavy atom. The van der Waals surface area contributed by atoms with E-state index in [4.69, 9.17) is 15.2 Å². The average Bonchev–Trinajstić information content (AvgIpc) is 2.72. The van der Waals surface area contributed by atoms with Gasteiger partial charge in [-0.1, -0.05) is 0 Å². The highest BCUT2D eigenvalue weighted by Crippen LogP contribution is 2.15. The van der Waals surface area contributed by atoms with Gasteiger partial charge in [0.1, 0.15) is 23.7 Å². The van der Waals surface area contributed by atoms with Crippen LogP contribution >= 0.6 is 0 Å². The topological polar surface area (TPSA) is 78.9 Å². The van der Waals surface area contributed by atoms with E-state index in [1.165, 1.54) is 6.20 Å². The average molecular weight is 235 g/mol. The van der Waals surface area contributed by atoms with Gasteiger partial charge in [-0.2, -0.15) is 0 Å². The Labute approximate surface area is 98.0 Å². The number of pyridine rings is 1. The summed E-state index contributed by atoms with van der Waals surface area (Å²) in [6.07, 6.45) is 3.14. The molecule has 2 aromatic heterocycles. The van der Waals surface area contributed by atoms with E-state index >= 15 is 0 Å². The van der Waals surface area contributed by atoms with E-state index in [9.17, 15) is 4.79 Å². The molecule has 2 heterocycles. The van der Waals surface area contributed by atoms with Crippen molar-refractivity contribution in [1.82, 2.24) is 9.38 Å². The van der Waals surface area contributed by atoms with E-state index in [0.29, 0.717) is 30.3 Å². The minimum Gasteiger partial charge on any atom is -0.491 e. The molecular weight excluding hydrogens is 222 g/mol. The highest BCUT2D eigenvalue weighted by atomic mass is 16.5. The van der Waals surface area contributed by atoms with Crippen LogP contribution in [0.1, 0.15) is 10.5 Å². The Morgan fingerprint density at radius 2 is 2.35 bits per heavy atom. The number of primary amides is 1.